The van der Waals surface area contributed by atoms with Gasteiger partial charge in [0.05, 0.1) is 19.3 Å². The van der Waals surface area contributed by atoms with Crippen LogP contribution in [-0.4, -0.2) is 26.0 Å². The van der Waals surface area contributed by atoms with Gasteiger partial charge < -0.3 is 9.47 Å². The summed E-state index contributed by atoms with van der Waals surface area (Å²) in [6, 6.07) is 6.41. The maximum Gasteiger partial charge on any atom is 0.411 e. The molecule has 7 heteroatoms. The van der Waals surface area contributed by atoms with Crippen molar-refractivity contribution in [1.82, 2.24) is 5.43 Å². The third-order valence-electron chi connectivity index (χ3n) is 2.34. The van der Waals surface area contributed by atoms with Crippen LogP contribution in [0.5, 0.6) is 5.75 Å². The summed E-state index contributed by atoms with van der Waals surface area (Å²) >= 11 is 0. The Labute approximate surface area is 109 Å². The maximum atomic E-state index is 12.0. The Morgan fingerprint density at radius 2 is 1.89 bits per heavy atom. The second kappa shape index (κ2) is 7.32. The van der Waals surface area contributed by atoms with Crippen LogP contribution in [0.2, 0.25) is 0 Å². The van der Waals surface area contributed by atoms with Crippen molar-refractivity contribution in [2.75, 3.05) is 19.8 Å². The van der Waals surface area contributed by atoms with Crippen molar-refractivity contribution in [3.8, 4) is 5.75 Å². The summed E-state index contributed by atoms with van der Waals surface area (Å²) in [5.41, 5.74) is 3.15. The predicted molar refractivity (Wildman–Crippen MR) is 64.5 cm³/mol. The second-order valence-electron chi connectivity index (χ2n) is 3.85. The minimum Gasteiger partial charge on any atom is -0.494 e. The molecule has 0 aliphatic carbocycles. The summed E-state index contributed by atoms with van der Waals surface area (Å²) in [6.07, 6.45) is -4.34. The van der Waals surface area contributed by atoms with Gasteiger partial charge in [-0.2, -0.15) is 13.2 Å². The Morgan fingerprint density at radius 3 is 2.37 bits per heavy atom. The molecule has 0 bridgehead atoms. The van der Waals surface area contributed by atoms with Crippen molar-refractivity contribution >= 4 is 0 Å². The molecule has 0 spiro atoms. The molecule has 0 radical (unpaired) electrons. The van der Waals surface area contributed by atoms with E-state index in [1.165, 1.54) is 0 Å². The fourth-order valence-corrected chi connectivity index (χ4v) is 1.50. The van der Waals surface area contributed by atoms with Gasteiger partial charge >= 0.3 is 6.18 Å². The van der Waals surface area contributed by atoms with Crippen LogP contribution in [0.4, 0.5) is 13.2 Å². The molecule has 1 aromatic rings. The smallest absolute Gasteiger partial charge is 0.411 e. The Bertz CT molecular complexity index is 368. The third kappa shape index (κ3) is 5.91. The molecule has 1 aromatic carbocycles. The molecule has 0 amide bonds. The summed E-state index contributed by atoms with van der Waals surface area (Å²) in [6.45, 7) is 0.960. The van der Waals surface area contributed by atoms with E-state index in [1.807, 2.05) is 6.92 Å². The summed E-state index contributed by atoms with van der Waals surface area (Å²) in [7, 11) is 0. The first kappa shape index (κ1) is 15.7. The lowest BCUT2D eigenvalue weighted by Gasteiger charge is -2.17. The van der Waals surface area contributed by atoms with Gasteiger partial charge in [0.25, 0.3) is 0 Å². The highest BCUT2D eigenvalue weighted by atomic mass is 19.4. The monoisotopic (exact) mass is 278 g/mol. The van der Waals surface area contributed by atoms with Crippen LogP contribution in [0, 0.1) is 0 Å². The van der Waals surface area contributed by atoms with Gasteiger partial charge in [-0.25, -0.2) is 0 Å². The van der Waals surface area contributed by atoms with Gasteiger partial charge in [0, 0.05) is 0 Å². The van der Waals surface area contributed by atoms with Crippen LogP contribution in [0.1, 0.15) is 18.5 Å². The van der Waals surface area contributed by atoms with Gasteiger partial charge in [0.15, 0.2) is 0 Å². The van der Waals surface area contributed by atoms with Gasteiger partial charge in [-0.1, -0.05) is 12.1 Å². The highest BCUT2D eigenvalue weighted by molar-refractivity contribution is 5.29. The van der Waals surface area contributed by atoms with Gasteiger partial charge in [-0.3, -0.25) is 11.3 Å². The number of hydrazine groups is 1. The zero-order chi connectivity index (χ0) is 14.3. The SMILES string of the molecule is CCOc1ccc(C(COCC(F)(F)F)NN)cc1. The number of rotatable bonds is 7. The normalized spacial score (nSPS) is 13.3. The molecule has 0 saturated heterocycles. The molecular weight excluding hydrogens is 261 g/mol. The molecular formula is C12H17F3N2O2. The standard InChI is InChI=1S/C12H17F3N2O2/c1-2-19-10-5-3-9(4-6-10)11(17-16)7-18-8-12(13,14)15/h3-6,11,17H,2,7-8,16H2,1H3. The average Bonchev–Trinajstić information content (AvgIpc) is 2.35. The van der Waals surface area contributed by atoms with E-state index in [-0.39, 0.29) is 6.61 Å². The van der Waals surface area contributed by atoms with Gasteiger partial charge in [-0.05, 0) is 24.6 Å². The predicted octanol–water partition coefficient (Wildman–Crippen LogP) is 2.17. The summed E-state index contributed by atoms with van der Waals surface area (Å²) < 4.78 is 45.7. The molecule has 3 N–H and O–H groups in total. The number of nitrogens with one attached hydrogen (secondary N) is 1. The molecule has 19 heavy (non-hydrogen) atoms. The van der Waals surface area contributed by atoms with E-state index in [1.54, 1.807) is 24.3 Å². The molecule has 0 aromatic heterocycles. The zero-order valence-corrected chi connectivity index (χ0v) is 10.5. The van der Waals surface area contributed by atoms with Crippen molar-refractivity contribution in [3.63, 3.8) is 0 Å². The van der Waals surface area contributed by atoms with Crippen molar-refractivity contribution in [2.45, 2.75) is 19.1 Å². The first-order chi connectivity index (χ1) is 8.96. The van der Waals surface area contributed by atoms with E-state index >= 15 is 0 Å². The minimum atomic E-state index is -4.34. The van der Waals surface area contributed by atoms with Crippen molar-refractivity contribution in [1.29, 1.82) is 0 Å². The molecule has 108 valence electrons. The molecule has 0 aliphatic rings. The summed E-state index contributed by atoms with van der Waals surface area (Å²) in [4.78, 5) is 0. The van der Waals surface area contributed by atoms with E-state index in [4.69, 9.17) is 10.6 Å². The number of halogens is 3. The van der Waals surface area contributed by atoms with Gasteiger partial charge in [-0.15, -0.1) is 0 Å². The molecule has 0 fully saturated rings. The molecule has 0 aliphatic heterocycles. The Balaban J connectivity index is 2.54. The Kier molecular flexibility index (Phi) is 6.07. The van der Waals surface area contributed by atoms with E-state index in [9.17, 15) is 13.2 Å². The fraction of sp³-hybridized carbons (Fsp3) is 0.500. The van der Waals surface area contributed by atoms with Crippen LogP contribution in [0.3, 0.4) is 0 Å². The van der Waals surface area contributed by atoms with E-state index in [2.05, 4.69) is 10.2 Å². The minimum absolute atomic E-state index is 0.163. The van der Waals surface area contributed by atoms with Crippen molar-refractivity contribution in [2.24, 2.45) is 5.84 Å². The largest absolute Gasteiger partial charge is 0.494 e. The van der Waals surface area contributed by atoms with E-state index in [0.29, 0.717) is 12.4 Å². The van der Waals surface area contributed by atoms with Gasteiger partial charge in [0.1, 0.15) is 12.4 Å². The van der Waals surface area contributed by atoms with Crippen molar-refractivity contribution < 1.29 is 22.6 Å². The first-order valence-corrected chi connectivity index (χ1v) is 5.79. The number of ether oxygens (including phenoxy) is 2. The van der Waals surface area contributed by atoms with Crippen LogP contribution >= 0.6 is 0 Å². The zero-order valence-electron chi connectivity index (χ0n) is 10.5. The lowest BCUT2D eigenvalue weighted by molar-refractivity contribution is -0.175. The summed E-state index contributed by atoms with van der Waals surface area (Å²) in [5.74, 6) is 6.00. The molecule has 4 nitrogen and oxygen atoms in total. The fourth-order valence-electron chi connectivity index (χ4n) is 1.50. The van der Waals surface area contributed by atoms with Crippen molar-refractivity contribution in [3.05, 3.63) is 29.8 Å². The Morgan fingerprint density at radius 1 is 1.26 bits per heavy atom. The van der Waals surface area contributed by atoms with Crippen LogP contribution < -0.4 is 16.0 Å². The average molecular weight is 278 g/mol. The second-order valence-corrected chi connectivity index (χ2v) is 3.85. The van der Waals surface area contributed by atoms with E-state index < -0.39 is 18.8 Å². The number of hydrogen-bond acceptors (Lipinski definition) is 4. The maximum absolute atomic E-state index is 12.0. The number of hydrogen-bond donors (Lipinski definition) is 2. The third-order valence-corrected chi connectivity index (χ3v) is 2.34. The number of benzene rings is 1. The molecule has 0 heterocycles. The highest BCUT2D eigenvalue weighted by Crippen LogP contribution is 2.19. The number of alkyl halides is 3. The van der Waals surface area contributed by atoms with E-state index in [0.717, 1.165) is 5.56 Å². The lowest BCUT2D eigenvalue weighted by atomic mass is 10.1. The number of nitrogens with two attached hydrogens (primary N) is 1. The van der Waals surface area contributed by atoms with Crippen LogP contribution in [0.15, 0.2) is 24.3 Å². The summed E-state index contributed by atoms with van der Waals surface area (Å²) in [5, 5.41) is 0. The molecule has 0 saturated carbocycles. The molecule has 1 unspecified atom stereocenters. The highest BCUT2D eigenvalue weighted by Gasteiger charge is 2.28. The van der Waals surface area contributed by atoms with Gasteiger partial charge in [0.2, 0.25) is 0 Å². The van der Waals surface area contributed by atoms with Crippen LogP contribution in [0.25, 0.3) is 0 Å². The lowest BCUT2D eigenvalue weighted by Crippen LogP contribution is -2.32. The molecule has 1 rings (SSSR count). The Hall–Kier alpha value is -1.31. The van der Waals surface area contributed by atoms with Crippen LogP contribution in [-0.2, 0) is 4.74 Å². The topological polar surface area (TPSA) is 56.5 Å². The quantitative estimate of drug-likeness (QED) is 0.593. The molecule has 1 atom stereocenters. The first-order valence-electron chi connectivity index (χ1n) is 5.79.